The lowest BCUT2D eigenvalue weighted by atomic mass is 10.4. The molecule has 0 spiro atoms. The normalized spacial score (nSPS) is 13.2. The van der Waals surface area contributed by atoms with Crippen LogP contribution in [0.3, 0.4) is 0 Å². The highest BCUT2D eigenvalue weighted by atomic mass is 35.5. The van der Waals surface area contributed by atoms with Crippen molar-refractivity contribution in [1.82, 2.24) is 0 Å². The SMILES string of the molecule is CCCCO/C(Cl)=C\[Si](C)(C)C. The molecule has 0 aromatic heterocycles. The van der Waals surface area contributed by atoms with Gasteiger partial charge in [0, 0.05) is 0 Å². The highest BCUT2D eigenvalue weighted by Crippen LogP contribution is 2.11. The van der Waals surface area contributed by atoms with Crippen LogP contribution < -0.4 is 0 Å². The lowest BCUT2D eigenvalue weighted by Gasteiger charge is -2.11. The van der Waals surface area contributed by atoms with Crippen LogP contribution in [-0.4, -0.2) is 14.7 Å². The average Bonchev–Trinajstić information content (AvgIpc) is 1.84. The number of unbranched alkanes of at least 4 members (excludes halogenated alkanes) is 1. The molecule has 0 fully saturated rings. The summed E-state index contributed by atoms with van der Waals surface area (Å²) in [6.07, 6.45) is 2.23. The van der Waals surface area contributed by atoms with E-state index in [9.17, 15) is 0 Å². The molecule has 0 aromatic carbocycles. The van der Waals surface area contributed by atoms with Crippen molar-refractivity contribution in [2.75, 3.05) is 6.61 Å². The second-order valence-corrected chi connectivity index (χ2v) is 9.41. The molecular formula is C9H19ClOSi. The predicted molar refractivity (Wildman–Crippen MR) is 58.1 cm³/mol. The number of ether oxygens (including phenoxy) is 1. The first kappa shape index (κ1) is 12.0. The molecule has 1 nitrogen and oxygen atoms in total. The first-order valence-electron chi connectivity index (χ1n) is 4.47. The molecule has 0 aromatic rings. The second-order valence-electron chi connectivity index (χ2n) is 4.02. The maximum Gasteiger partial charge on any atom is 0.178 e. The van der Waals surface area contributed by atoms with E-state index in [4.69, 9.17) is 16.3 Å². The molecule has 3 heteroatoms. The summed E-state index contributed by atoms with van der Waals surface area (Å²) in [6, 6.07) is 0. The molecule has 0 aliphatic rings. The quantitative estimate of drug-likeness (QED) is 0.378. The van der Waals surface area contributed by atoms with Gasteiger partial charge < -0.3 is 4.74 Å². The number of halogens is 1. The third kappa shape index (κ3) is 8.15. The van der Waals surface area contributed by atoms with E-state index in [1.165, 1.54) is 0 Å². The van der Waals surface area contributed by atoms with Gasteiger partial charge in [0.15, 0.2) is 5.22 Å². The van der Waals surface area contributed by atoms with E-state index in [0.29, 0.717) is 5.22 Å². The Labute approximate surface area is 81.8 Å². The van der Waals surface area contributed by atoms with Gasteiger partial charge in [0.25, 0.3) is 0 Å². The molecule has 0 N–H and O–H groups in total. The van der Waals surface area contributed by atoms with Crippen LogP contribution in [0.5, 0.6) is 0 Å². The summed E-state index contributed by atoms with van der Waals surface area (Å²) < 4.78 is 5.32. The second kappa shape index (κ2) is 5.65. The fraction of sp³-hybridized carbons (Fsp3) is 0.778. The minimum atomic E-state index is -1.20. The van der Waals surface area contributed by atoms with Crippen molar-refractivity contribution in [3.8, 4) is 0 Å². The van der Waals surface area contributed by atoms with Gasteiger partial charge in [-0.05, 0) is 23.7 Å². The maximum atomic E-state index is 5.87. The van der Waals surface area contributed by atoms with Gasteiger partial charge in [-0.1, -0.05) is 33.0 Å². The lowest BCUT2D eigenvalue weighted by molar-refractivity contribution is 0.231. The number of rotatable bonds is 5. The van der Waals surface area contributed by atoms with Gasteiger partial charge in [0.1, 0.15) is 0 Å². The third-order valence-corrected chi connectivity index (χ3v) is 2.81. The zero-order chi connectivity index (χ0) is 9.61. The van der Waals surface area contributed by atoms with Gasteiger partial charge in [-0.15, -0.1) is 0 Å². The zero-order valence-electron chi connectivity index (χ0n) is 8.48. The van der Waals surface area contributed by atoms with Crippen molar-refractivity contribution in [3.63, 3.8) is 0 Å². The van der Waals surface area contributed by atoms with E-state index in [1.807, 2.05) is 0 Å². The van der Waals surface area contributed by atoms with E-state index in [2.05, 4.69) is 32.3 Å². The van der Waals surface area contributed by atoms with Crippen molar-refractivity contribution in [3.05, 3.63) is 10.9 Å². The molecule has 0 saturated heterocycles. The summed E-state index contributed by atoms with van der Waals surface area (Å²) in [5.41, 5.74) is 2.07. The summed E-state index contributed by atoms with van der Waals surface area (Å²) in [4.78, 5) is 0. The molecule has 12 heavy (non-hydrogen) atoms. The molecule has 0 saturated carbocycles. The standard InChI is InChI=1S/C9H19ClOSi/c1-5-6-7-11-9(10)8-12(2,3)4/h8H,5-7H2,1-4H3/b9-8-. The molecule has 0 amide bonds. The van der Waals surface area contributed by atoms with E-state index < -0.39 is 8.07 Å². The Bertz CT molecular complexity index is 149. The van der Waals surface area contributed by atoms with Crippen LogP contribution in [0.15, 0.2) is 10.9 Å². The summed E-state index contributed by atoms with van der Waals surface area (Å²) >= 11 is 5.87. The van der Waals surface area contributed by atoms with Crippen molar-refractivity contribution in [2.45, 2.75) is 39.4 Å². The van der Waals surface area contributed by atoms with Crippen LogP contribution in [0.1, 0.15) is 19.8 Å². The summed E-state index contributed by atoms with van der Waals surface area (Å²) in [5, 5.41) is 0.586. The number of hydrogen-bond donors (Lipinski definition) is 0. The van der Waals surface area contributed by atoms with Crippen LogP contribution in [0.2, 0.25) is 19.6 Å². The molecule has 72 valence electrons. The Balaban J connectivity index is 3.71. The molecule has 0 rings (SSSR count). The van der Waals surface area contributed by atoms with Crippen LogP contribution in [-0.2, 0) is 4.74 Å². The highest BCUT2D eigenvalue weighted by molar-refractivity contribution is 6.81. The van der Waals surface area contributed by atoms with E-state index in [0.717, 1.165) is 19.4 Å². The molecule has 0 unspecified atom stereocenters. The minimum absolute atomic E-state index is 0.586. The van der Waals surface area contributed by atoms with Gasteiger partial charge in [0.05, 0.1) is 14.7 Å². The monoisotopic (exact) mass is 206 g/mol. The molecule has 0 aliphatic carbocycles. The molecule has 0 atom stereocenters. The van der Waals surface area contributed by atoms with Gasteiger partial charge in [-0.2, -0.15) is 0 Å². The van der Waals surface area contributed by atoms with Gasteiger partial charge in [0.2, 0.25) is 0 Å². The smallest absolute Gasteiger partial charge is 0.178 e. The van der Waals surface area contributed by atoms with Crippen LogP contribution >= 0.6 is 11.6 Å². The summed E-state index contributed by atoms with van der Waals surface area (Å²) in [7, 11) is -1.20. The molecule has 0 bridgehead atoms. The Morgan fingerprint density at radius 3 is 2.42 bits per heavy atom. The lowest BCUT2D eigenvalue weighted by Crippen LogP contribution is -2.16. The van der Waals surface area contributed by atoms with Crippen molar-refractivity contribution in [1.29, 1.82) is 0 Å². The van der Waals surface area contributed by atoms with E-state index >= 15 is 0 Å². The molecule has 0 aliphatic heterocycles. The maximum absolute atomic E-state index is 5.87. The molecule has 0 radical (unpaired) electrons. The van der Waals surface area contributed by atoms with Gasteiger partial charge in [-0.25, -0.2) is 0 Å². The van der Waals surface area contributed by atoms with Crippen molar-refractivity contribution >= 4 is 19.7 Å². The average molecular weight is 207 g/mol. The van der Waals surface area contributed by atoms with Crippen LogP contribution in [0.25, 0.3) is 0 Å². The minimum Gasteiger partial charge on any atom is -0.483 e. The zero-order valence-corrected chi connectivity index (χ0v) is 10.2. The summed E-state index contributed by atoms with van der Waals surface area (Å²) in [5.74, 6) is 0. The molecule has 0 heterocycles. The van der Waals surface area contributed by atoms with Crippen molar-refractivity contribution in [2.24, 2.45) is 0 Å². The fourth-order valence-electron chi connectivity index (χ4n) is 0.696. The highest BCUT2D eigenvalue weighted by Gasteiger charge is 2.10. The van der Waals surface area contributed by atoms with Crippen LogP contribution in [0.4, 0.5) is 0 Å². The summed E-state index contributed by atoms with van der Waals surface area (Å²) in [6.45, 7) is 9.59. The number of hydrogen-bond acceptors (Lipinski definition) is 1. The van der Waals surface area contributed by atoms with E-state index in [-0.39, 0.29) is 0 Å². The Morgan fingerprint density at radius 2 is 2.00 bits per heavy atom. The topological polar surface area (TPSA) is 9.23 Å². The van der Waals surface area contributed by atoms with Crippen LogP contribution in [0, 0.1) is 0 Å². The van der Waals surface area contributed by atoms with E-state index in [1.54, 1.807) is 0 Å². The Hall–Kier alpha value is 0.0469. The third-order valence-electron chi connectivity index (χ3n) is 1.28. The fourth-order valence-corrected chi connectivity index (χ4v) is 2.52. The van der Waals surface area contributed by atoms with Gasteiger partial charge >= 0.3 is 0 Å². The van der Waals surface area contributed by atoms with Crippen molar-refractivity contribution < 1.29 is 4.74 Å². The largest absolute Gasteiger partial charge is 0.483 e. The predicted octanol–water partition coefficient (Wildman–Crippen LogP) is 3.76. The first-order valence-corrected chi connectivity index (χ1v) is 8.42. The molecular weight excluding hydrogens is 188 g/mol. The first-order chi connectivity index (χ1) is 5.45. The Morgan fingerprint density at radius 1 is 1.42 bits per heavy atom. The van der Waals surface area contributed by atoms with Gasteiger partial charge in [-0.3, -0.25) is 0 Å². The Kier molecular flexibility index (Phi) is 5.67.